The molecule has 1 N–H and O–H groups in total. The maximum atomic E-state index is 13.7. The summed E-state index contributed by atoms with van der Waals surface area (Å²) in [6.45, 7) is 0. The van der Waals surface area contributed by atoms with Crippen LogP contribution < -0.4 is 0 Å². The van der Waals surface area contributed by atoms with Crippen molar-refractivity contribution >= 4 is 10.9 Å². The van der Waals surface area contributed by atoms with E-state index in [9.17, 15) is 18.3 Å². The molecule has 0 aliphatic heterocycles. The van der Waals surface area contributed by atoms with Crippen LogP contribution in [0, 0.1) is 17.5 Å². The van der Waals surface area contributed by atoms with E-state index in [4.69, 9.17) is 0 Å². The topological polar surface area (TPSA) is 20.2 Å². The van der Waals surface area contributed by atoms with Crippen LogP contribution >= 0.6 is 0 Å². The van der Waals surface area contributed by atoms with Gasteiger partial charge in [-0.1, -0.05) is 0 Å². The summed E-state index contributed by atoms with van der Waals surface area (Å²) in [6, 6.07) is 15.9. The minimum atomic E-state index is -0.734. The summed E-state index contributed by atoms with van der Waals surface area (Å²) in [5.41, 5.74) is 0. The van der Waals surface area contributed by atoms with Gasteiger partial charge in [0, 0.05) is 6.07 Å². The first-order valence-corrected chi connectivity index (χ1v) is 8.01. The van der Waals surface area contributed by atoms with E-state index in [1.807, 2.05) is 0 Å². The Bertz CT molecular complexity index is 771. The summed E-state index contributed by atoms with van der Waals surface area (Å²) < 4.78 is 40.1. The molecule has 3 aromatic carbocycles. The number of halogens is 3. The van der Waals surface area contributed by atoms with Gasteiger partial charge in [-0.15, -0.1) is 0 Å². The van der Waals surface area contributed by atoms with Gasteiger partial charge < -0.3 is 5.11 Å². The second-order valence-corrected chi connectivity index (χ2v) is 6.85. The first kappa shape index (κ1) is 15.5. The standard InChI is InChI=1S/C18H11F3OS/c19-12-1-5-14(6-2-12)23(15-7-3-13(20)4-8-15)16-9-10-18(22)17(21)11-16/h1-11H/p+1. The van der Waals surface area contributed by atoms with E-state index in [2.05, 4.69) is 0 Å². The van der Waals surface area contributed by atoms with Crippen molar-refractivity contribution in [2.75, 3.05) is 0 Å². The van der Waals surface area contributed by atoms with E-state index in [1.165, 1.54) is 36.4 Å². The number of aromatic hydroxyl groups is 1. The molecule has 3 aromatic rings. The molecule has 0 atom stereocenters. The van der Waals surface area contributed by atoms with Crippen molar-refractivity contribution in [2.24, 2.45) is 0 Å². The Hall–Kier alpha value is -2.40. The average molecular weight is 333 g/mol. The molecule has 0 saturated heterocycles. The number of phenolic OH excluding ortho intramolecular Hbond substituents is 1. The third-order valence-corrected chi connectivity index (χ3v) is 5.47. The fraction of sp³-hybridized carbons (Fsp3) is 0. The van der Waals surface area contributed by atoms with E-state index >= 15 is 0 Å². The average Bonchev–Trinajstić information content (AvgIpc) is 2.55. The van der Waals surface area contributed by atoms with Crippen LogP contribution in [0.25, 0.3) is 0 Å². The minimum Gasteiger partial charge on any atom is -0.505 e. The summed E-state index contributed by atoms with van der Waals surface area (Å²) in [5, 5.41) is 9.37. The molecule has 1 nitrogen and oxygen atoms in total. The fourth-order valence-electron chi connectivity index (χ4n) is 2.16. The highest BCUT2D eigenvalue weighted by atomic mass is 32.2. The van der Waals surface area contributed by atoms with E-state index in [-0.39, 0.29) is 11.6 Å². The number of benzene rings is 3. The maximum Gasteiger partial charge on any atom is 0.169 e. The molecule has 0 amide bonds. The SMILES string of the molecule is Oc1ccc([S+](c2ccc(F)cc2)c2ccc(F)cc2)cc1F. The lowest BCUT2D eigenvalue weighted by atomic mass is 10.3. The van der Waals surface area contributed by atoms with Gasteiger partial charge in [-0.2, -0.15) is 0 Å². The molecule has 0 fully saturated rings. The van der Waals surface area contributed by atoms with Crippen molar-refractivity contribution in [3.63, 3.8) is 0 Å². The highest BCUT2D eigenvalue weighted by molar-refractivity contribution is 7.97. The molecule has 23 heavy (non-hydrogen) atoms. The van der Waals surface area contributed by atoms with Crippen LogP contribution in [0.15, 0.2) is 81.4 Å². The summed E-state index contributed by atoms with van der Waals surface area (Å²) in [4.78, 5) is 2.14. The molecule has 0 radical (unpaired) electrons. The zero-order valence-electron chi connectivity index (χ0n) is 11.8. The Balaban J connectivity index is 2.14. The van der Waals surface area contributed by atoms with E-state index in [0.717, 1.165) is 9.79 Å². The highest BCUT2D eigenvalue weighted by Gasteiger charge is 2.29. The van der Waals surface area contributed by atoms with Gasteiger partial charge in [0.25, 0.3) is 0 Å². The number of phenols is 1. The molecule has 0 spiro atoms. The molecule has 0 aromatic heterocycles. The summed E-state index contributed by atoms with van der Waals surface area (Å²) in [7, 11) is -0.734. The molecular formula is C18H12F3OS+. The normalized spacial score (nSPS) is 11.0. The Morgan fingerprint density at radius 1 is 0.609 bits per heavy atom. The quantitative estimate of drug-likeness (QED) is 0.676. The van der Waals surface area contributed by atoms with Gasteiger partial charge in [0.2, 0.25) is 0 Å². The molecule has 0 aliphatic carbocycles. The van der Waals surface area contributed by atoms with Gasteiger partial charge in [0.15, 0.2) is 26.3 Å². The maximum absolute atomic E-state index is 13.7. The van der Waals surface area contributed by atoms with Gasteiger partial charge >= 0.3 is 0 Å². The van der Waals surface area contributed by atoms with Crippen LogP contribution in [0.2, 0.25) is 0 Å². The molecule has 5 heteroatoms. The molecule has 0 heterocycles. The summed E-state index contributed by atoms with van der Waals surface area (Å²) in [5.74, 6) is -1.90. The van der Waals surface area contributed by atoms with Gasteiger partial charge in [-0.3, -0.25) is 0 Å². The van der Waals surface area contributed by atoms with Gasteiger partial charge in [0.1, 0.15) is 11.6 Å². The zero-order valence-corrected chi connectivity index (χ0v) is 12.7. The van der Waals surface area contributed by atoms with Crippen LogP contribution in [-0.4, -0.2) is 5.11 Å². The number of hydrogen-bond acceptors (Lipinski definition) is 1. The summed E-state index contributed by atoms with van der Waals surface area (Å²) >= 11 is 0. The summed E-state index contributed by atoms with van der Waals surface area (Å²) in [6.07, 6.45) is 0. The van der Waals surface area contributed by atoms with Gasteiger partial charge in [-0.25, -0.2) is 13.2 Å². The third-order valence-electron chi connectivity index (χ3n) is 3.25. The molecule has 116 valence electrons. The van der Waals surface area contributed by atoms with Crippen LogP contribution in [0.3, 0.4) is 0 Å². The first-order chi connectivity index (χ1) is 11.0. The largest absolute Gasteiger partial charge is 0.505 e. The van der Waals surface area contributed by atoms with E-state index in [1.54, 1.807) is 30.3 Å². The lowest BCUT2D eigenvalue weighted by Gasteiger charge is -2.08. The van der Waals surface area contributed by atoms with Crippen molar-refractivity contribution in [1.82, 2.24) is 0 Å². The van der Waals surface area contributed by atoms with Gasteiger partial charge in [-0.05, 0) is 60.7 Å². The molecular weight excluding hydrogens is 321 g/mol. The Morgan fingerprint density at radius 3 is 1.48 bits per heavy atom. The predicted octanol–water partition coefficient (Wildman–Crippen LogP) is 4.90. The highest BCUT2D eigenvalue weighted by Crippen LogP contribution is 2.33. The van der Waals surface area contributed by atoms with Crippen molar-refractivity contribution in [3.8, 4) is 5.75 Å². The van der Waals surface area contributed by atoms with Gasteiger partial charge in [0.05, 0.1) is 10.9 Å². The second kappa shape index (κ2) is 6.38. The van der Waals surface area contributed by atoms with E-state index < -0.39 is 22.5 Å². The number of hydrogen-bond donors (Lipinski definition) is 1. The van der Waals surface area contributed by atoms with Crippen molar-refractivity contribution in [1.29, 1.82) is 0 Å². The monoisotopic (exact) mass is 333 g/mol. The van der Waals surface area contributed by atoms with Crippen LogP contribution in [0.4, 0.5) is 13.2 Å². The lowest BCUT2D eigenvalue weighted by Crippen LogP contribution is -2.05. The smallest absolute Gasteiger partial charge is 0.169 e. The third kappa shape index (κ3) is 3.35. The second-order valence-electron chi connectivity index (χ2n) is 4.83. The zero-order chi connectivity index (χ0) is 16.4. The van der Waals surface area contributed by atoms with Crippen molar-refractivity contribution in [2.45, 2.75) is 14.7 Å². The molecule has 0 saturated carbocycles. The molecule has 3 rings (SSSR count). The van der Waals surface area contributed by atoms with E-state index in [0.29, 0.717) is 4.90 Å². The van der Waals surface area contributed by atoms with Crippen LogP contribution in [-0.2, 0) is 10.9 Å². The van der Waals surface area contributed by atoms with Crippen molar-refractivity contribution < 1.29 is 18.3 Å². The fourth-order valence-corrected chi connectivity index (χ4v) is 4.22. The Morgan fingerprint density at radius 2 is 1.04 bits per heavy atom. The van der Waals surface area contributed by atoms with Crippen LogP contribution in [0.1, 0.15) is 0 Å². The Labute approximate surface area is 134 Å². The molecule has 0 unspecified atom stereocenters. The lowest BCUT2D eigenvalue weighted by molar-refractivity contribution is 0.431. The van der Waals surface area contributed by atoms with Crippen molar-refractivity contribution in [3.05, 3.63) is 84.2 Å². The minimum absolute atomic E-state index is 0.367. The Kier molecular flexibility index (Phi) is 4.30. The predicted molar refractivity (Wildman–Crippen MR) is 83.0 cm³/mol. The molecule has 0 bridgehead atoms. The number of rotatable bonds is 3. The first-order valence-electron chi connectivity index (χ1n) is 6.78. The molecule has 0 aliphatic rings. The van der Waals surface area contributed by atoms with Crippen LogP contribution in [0.5, 0.6) is 5.75 Å².